The second-order valence-electron chi connectivity index (χ2n) is 7.04. The van der Waals surface area contributed by atoms with E-state index in [9.17, 15) is 0 Å². The SMILES string of the molecule is CCN1CCC(N2CCC(C)(c3ncc(C)s3)CC2)CC1. The van der Waals surface area contributed by atoms with Gasteiger partial charge < -0.3 is 9.80 Å². The number of thiazole rings is 1. The van der Waals surface area contributed by atoms with Crippen LogP contribution < -0.4 is 0 Å². The monoisotopic (exact) mass is 307 g/mol. The molecule has 2 aliphatic heterocycles. The highest BCUT2D eigenvalue weighted by molar-refractivity contribution is 7.11. The Balaban J connectivity index is 1.55. The highest BCUT2D eigenvalue weighted by atomic mass is 32.1. The first kappa shape index (κ1) is 15.4. The Labute approximate surface area is 133 Å². The summed E-state index contributed by atoms with van der Waals surface area (Å²) in [5, 5.41) is 1.36. The molecule has 4 heteroatoms. The zero-order valence-electron chi connectivity index (χ0n) is 13.8. The van der Waals surface area contributed by atoms with Crippen LogP contribution >= 0.6 is 11.3 Å². The standard InChI is InChI=1S/C17H29N3S/c1-4-19-9-5-15(6-10-19)20-11-7-17(3,8-12-20)16-18-13-14(2)21-16/h13,15H,4-12H2,1-3H3. The van der Waals surface area contributed by atoms with Crippen molar-refractivity contribution in [1.29, 1.82) is 0 Å². The zero-order chi connectivity index (χ0) is 14.9. The van der Waals surface area contributed by atoms with Crippen molar-refractivity contribution < 1.29 is 0 Å². The number of hydrogen-bond acceptors (Lipinski definition) is 4. The maximum Gasteiger partial charge on any atom is 0.0987 e. The third-order valence-electron chi connectivity index (χ3n) is 5.56. The summed E-state index contributed by atoms with van der Waals surface area (Å²) in [6.07, 6.45) is 7.31. The summed E-state index contributed by atoms with van der Waals surface area (Å²) in [5.74, 6) is 0. The summed E-state index contributed by atoms with van der Waals surface area (Å²) in [6.45, 7) is 13.2. The molecule has 1 aromatic heterocycles. The van der Waals surface area contributed by atoms with Gasteiger partial charge in [0.25, 0.3) is 0 Å². The molecule has 3 nitrogen and oxygen atoms in total. The summed E-state index contributed by atoms with van der Waals surface area (Å²) in [6, 6.07) is 0.829. The fourth-order valence-corrected chi connectivity index (χ4v) is 4.80. The van der Waals surface area contributed by atoms with E-state index in [1.54, 1.807) is 0 Å². The van der Waals surface area contributed by atoms with Gasteiger partial charge in [0, 0.05) is 22.5 Å². The number of aryl methyl sites for hydroxylation is 1. The topological polar surface area (TPSA) is 19.4 Å². The Morgan fingerprint density at radius 2 is 1.90 bits per heavy atom. The molecule has 3 heterocycles. The molecule has 0 saturated carbocycles. The lowest BCUT2D eigenvalue weighted by atomic mass is 9.80. The van der Waals surface area contributed by atoms with E-state index in [1.165, 1.54) is 68.3 Å². The van der Waals surface area contributed by atoms with Crippen molar-refractivity contribution in [3.8, 4) is 0 Å². The van der Waals surface area contributed by atoms with Crippen molar-refractivity contribution >= 4 is 11.3 Å². The molecule has 1 aromatic rings. The quantitative estimate of drug-likeness (QED) is 0.854. The molecule has 0 unspecified atom stereocenters. The van der Waals surface area contributed by atoms with E-state index >= 15 is 0 Å². The molecule has 0 aromatic carbocycles. The maximum atomic E-state index is 4.66. The van der Waals surface area contributed by atoms with Gasteiger partial charge in [0.1, 0.15) is 0 Å². The summed E-state index contributed by atoms with van der Waals surface area (Å²) in [4.78, 5) is 11.4. The molecule has 0 N–H and O–H groups in total. The van der Waals surface area contributed by atoms with Gasteiger partial charge in [-0.3, -0.25) is 0 Å². The van der Waals surface area contributed by atoms with Crippen molar-refractivity contribution in [2.75, 3.05) is 32.7 Å². The average molecular weight is 308 g/mol. The van der Waals surface area contributed by atoms with Gasteiger partial charge in [-0.15, -0.1) is 11.3 Å². The van der Waals surface area contributed by atoms with Crippen LogP contribution in [0.4, 0.5) is 0 Å². The predicted octanol–water partition coefficient (Wildman–Crippen LogP) is 3.29. The van der Waals surface area contributed by atoms with E-state index in [2.05, 4.69) is 35.6 Å². The van der Waals surface area contributed by atoms with E-state index in [0.29, 0.717) is 5.41 Å². The molecule has 0 amide bonds. The minimum atomic E-state index is 0.319. The minimum absolute atomic E-state index is 0.319. The van der Waals surface area contributed by atoms with Crippen LogP contribution in [0.15, 0.2) is 6.20 Å². The molecule has 2 saturated heterocycles. The first-order valence-electron chi connectivity index (χ1n) is 8.50. The summed E-state index contributed by atoms with van der Waals surface area (Å²) in [5.41, 5.74) is 0.319. The Kier molecular flexibility index (Phi) is 4.67. The van der Waals surface area contributed by atoms with Crippen LogP contribution in [0.3, 0.4) is 0 Å². The molecule has 0 atom stereocenters. The Bertz CT molecular complexity index is 454. The number of nitrogens with zero attached hydrogens (tertiary/aromatic N) is 3. The number of aromatic nitrogens is 1. The number of likely N-dealkylation sites (tertiary alicyclic amines) is 2. The summed E-state index contributed by atoms with van der Waals surface area (Å²) >= 11 is 1.90. The first-order valence-corrected chi connectivity index (χ1v) is 9.32. The molecule has 0 bridgehead atoms. The van der Waals surface area contributed by atoms with Crippen molar-refractivity contribution in [1.82, 2.24) is 14.8 Å². The number of rotatable bonds is 3. The third-order valence-corrected chi connectivity index (χ3v) is 6.78. The first-order chi connectivity index (χ1) is 10.1. The second kappa shape index (κ2) is 6.35. The number of piperidine rings is 2. The smallest absolute Gasteiger partial charge is 0.0987 e. The number of hydrogen-bond donors (Lipinski definition) is 0. The van der Waals surface area contributed by atoms with Crippen molar-refractivity contribution in [3.05, 3.63) is 16.1 Å². The average Bonchev–Trinajstić information content (AvgIpc) is 2.96. The molecule has 0 radical (unpaired) electrons. The van der Waals surface area contributed by atoms with Crippen LogP contribution in [0.2, 0.25) is 0 Å². The van der Waals surface area contributed by atoms with Crippen LogP contribution in [0.1, 0.15) is 49.4 Å². The fourth-order valence-electron chi connectivity index (χ4n) is 3.83. The van der Waals surface area contributed by atoms with Crippen LogP contribution in [0, 0.1) is 6.92 Å². The van der Waals surface area contributed by atoms with Crippen LogP contribution in [0.5, 0.6) is 0 Å². The lowest BCUT2D eigenvalue weighted by Gasteiger charge is -2.44. The zero-order valence-corrected chi connectivity index (χ0v) is 14.6. The Morgan fingerprint density at radius 1 is 1.24 bits per heavy atom. The molecular weight excluding hydrogens is 278 g/mol. The van der Waals surface area contributed by atoms with Crippen LogP contribution in [-0.4, -0.2) is 53.5 Å². The molecule has 21 heavy (non-hydrogen) atoms. The van der Waals surface area contributed by atoms with Gasteiger partial charge in [0.05, 0.1) is 5.01 Å². The molecule has 2 aliphatic rings. The van der Waals surface area contributed by atoms with Gasteiger partial charge in [-0.05, 0) is 65.3 Å². The molecule has 2 fully saturated rings. The van der Waals surface area contributed by atoms with Crippen molar-refractivity contribution in [2.45, 2.75) is 57.9 Å². The minimum Gasteiger partial charge on any atom is -0.303 e. The van der Waals surface area contributed by atoms with E-state index < -0.39 is 0 Å². The van der Waals surface area contributed by atoms with Gasteiger partial charge in [-0.1, -0.05) is 13.8 Å². The highest BCUT2D eigenvalue weighted by Gasteiger charge is 2.36. The molecule has 0 aliphatic carbocycles. The maximum absolute atomic E-state index is 4.66. The van der Waals surface area contributed by atoms with E-state index in [0.717, 1.165) is 6.04 Å². The van der Waals surface area contributed by atoms with Crippen LogP contribution in [0.25, 0.3) is 0 Å². The van der Waals surface area contributed by atoms with E-state index in [-0.39, 0.29) is 0 Å². The largest absolute Gasteiger partial charge is 0.303 e. The highest BCUT2D eigenvalue weighted by Crippen LogP contribution is 2.38. The summed E-state index contributed by atoms with van der Waals surface area (Å²) < 4.78 is 0. The molecule has 118 valence electrons. The molecule has 3 rings (SSSR count). The molecule has 0 spiro atoms. The Morgan fingerprint density at radius 3 is 2.43 bits per heavy atom. The van der Waals surface area contributed by atoms with Crippen molar-refractivity contribution in [3.63, 3.8) is 0 Å². The van der Waals surface area contributed by atoms with Gasteiger partial charge >= 0.3 is 0 Å². The van der Waals surface area contributed by atoms with Gasteiger partial charge in [-0.2, -0.15) is 0 Å². The summed E-state index contributed by atoms with van der Waals surface area (Å²) in [7, 11) is 0. The predicted molar refractivity (Wildman–Crippen MR) is 90.1 cm³/mol. The lowest BCUT2D eigenvalue weighted by Crippen LogP contribution is -2.50. The Hall–Kier alpha value is -0.450. The third kappa shape index (κ3) is 3.33. The molecular formula is C17H29N3S. The van der Waals surface area contributed by atoms with Crippen LogP contribution in [-0.2, 0) is 5.41 Å². The van der Waals surface area contributed by atoms with E-state index in [4.69, 9.17) is 0 Å². The van der Waals surface area contributed by atoms with E-state index in [1.807, 2.05) is 17.5 Å². The lowest BCUT2D eigenvalue weighted by molar-refractivity contribution is 0.0734. The van der Waals surface area contributed by atoms with Gasteiger partial charge in [-0.25, -0.2) is 4.98 Å². The normalized spacial score (nSPS) is 25.3. The van der Waals surface area contributed by atoms with Gasteiger partial charge in [0.15, 0.2) is 0 Å². The van der Waals surface area contributed by atoms with Crippen molar-refractivity contribution in [2.24, 2.45) is 0 Å². The van der Waals surface area contributed by atoms with Gasteiger partial charge in [0.2, 0.25) is 0 Å². The fraction of sp³-hybridized carbons (Fsp3) is 0.824. The second-order valence-corrected chi connectivity index (χ2v) is 8.27.